The molecule has 2 saturated heterocycles. The molecule has 1 amide bonds. The van der Waals surface area contributed by atoms with Crippen molar-refractivity contribution in [2.75, 3.05) is 19.0 Å². The number of nitro groups is 1. The van der Waals surface area contributed by atoms with Crippen molar-refractivity contribution in [3.8, 4) is 11.5 Å². The number of ether oxygens (including phenoxy) is 2. The second-order valence-electron chi connectivity index (χ2n) is 9.84. The van der Waals surface area contributed by atoms with Gasteiger partial charge in [-0.15, -0.1) is 0 Å². The average Bonchev–Trinajstić information content (AvgIpc) is 3.57. The lowest BCUT2D eigenvalue weighted by atomic mass is 9.77. The van der Waals surface area contributed by atoms with Crippen LogP contribution >= 0.6 is 27.5 Å². The third kappa shape index (κ3) is 3.63. The Balaban J connectivity index is 1.44. The van der Waals surface area contributed by atoms with Gasteiger partial charge in [0.15, 0.2) is 17.0 Å². The first-order chi connectivity index (χ1) is 18.4. The van der Waals surface area contributed by atoms with E-state index in [1.807, 2.05) is 54.6 Å². The summed E-state index contributed by atoms with van der Waals surface area (Å²) in [6, 6.07) is 17.1. The van der Waals surface area contributed by atoms with Crippen LogP contribution in [0.4, 0.5) is 5.69 Å². The van der Waals surface area contributed by atoms with Crippen molar-refractivity contribution >= 4 is 39.1 Å². The number of hydrogen-bond donors (Lipinski definition) is 1. The SMILES string of the molecule is COc1cc([C@@H]2[C@@H]3CCCN3[C@]3(C(=O)Nc4ccccc43)[C@@H]2[N+](=O)[O-])cc(Br)c1OCc1ccccc1Cl. The van der Waals surface area contributed by atoms with Crippen molar-refractivity contribution in [3.05, 3.63) is 97.0 Å². The molecule has 6 rings (SSSR count). The quantitative estimate of drug-likeness (QED) is 0.287. The van der Waals surface area contributed by atoms with E-state index in [0.717, 1.165) is 24.0 Å². The number of carbonyl (C=O) groups is 1. The van der Waals surface area contributed by atoms with Gasteiger partial charge in [-0.1, -0.05) is 48.0 Å². The number of amides is 1. The fourth-order valence-corrected chi connectivity index (χ4v) is 7.38. The number of hydrogen-bond acceptors (Lipinski definition) is 6. The molecule has 1 spiro atoms. The number of methoxy groups -OCH3 is 1. The molecule has 0 saturated carbocycles. The Kier molecular flexibility index (Phi) is 6.32. The summed E-state index contributed by atoms with van der Waals surface area (Å²) < 4.78 is 12.4. The molecule has 1 N–H and O–H groups in total. The molecule has 38 heavy (non-hydrogen) atoms. The molecule has 3 aliphatic rings. The molecule has 2 fully saturated rings. The fourth-order valence-electron chi connectivity index (χ4n) is 6.61. The van der Waals surface area contributed by atoms with Gasteiger partial charge in [-0.2, -0.15) is 0 Å². The van der Waals surface area contributed by atoms with Gasteiger partial charge in [0.1, 0.15) is 6.61 Å². The molecule has 3 aromatic carbocycles. The lowest BCUT2D eigenvalue weighted by Gasteiger charge is -2.32. The second kappa shape index (κ2) is 9.55. The first kappa shape index (κ1) is 25.2. The van der Waals surface area contributed by atoms with E-state index in [2.05, 4.69) is 26.1 Å². The Bertz CT molecular complexity index is 1450. The van der Waals surface area contributed by atoms with Crippen LogP contribution in [0, 0.1) is 10.1 Å². The molecule has 4 atom stereocenters. The maximum Gasteiger partial charge on any atom is 0.256 e. The number of fused-ring (bicyclic) bond motifs is 4. The predicted molar refractivity (Wildman–Crippen MR) is 146 cm³/mol. The molecule has 3 heterocycles. The largest absolute Gasteiger partial charge is 0.493 e. The van der Waals surface area contributed by atoms with Crippen molar-refractivity contribution in [1.29, 1.82) is 0 Å². The van der Waals surface area contributed by atoms with E-state index in [-0.39, 0.29) is 23.5 Å². The number of nitrogens with one attached hydrogen (secondary N) is 1. The van der Waals surface area contributed by atoms with E-state index < -0.39 is 17.5 Å². The van der Waals surface area contributed by atoms with Crippen molar-refractivity contribution in [1.82, 2.24) is 4.90 Å². The number of halogens is 2. The van der Waals surface area contributed by atoms with Crippen LogP contribution in [0.25, 0.3) is 0 Å². The molecule has 0 unspecified atom stereocenters. The Morgan fingerprint density at radius 2 is 1.97 bits per heavy atom. The molecule has 3 aromatic rings. The van der Waals surface area contributed by atoms with Crippen LogP contribution in [0.2, 0.25) is 5.02 Å². The molecule has 196 valence electrons. The molecule has 0 aromatic heterocycles. The van der Waals surface area contributed by atoms with Crippen LogP contribution in [-0.2, 0) is 16.9 Å². The Hall–Kier alpha value is -3.14. The summed E-state index contributed by atoms with van der Waals surface area (Å²) in [5.41, 5.74) is 1.49. The molecule has 0 aliphatic carbocycles. The predicted octanol–water partition coefficient (Wildman–Crippen LogP) is 5.74. The van der Waals surface area contributed by atoms with Crippen molar-refractivity contribution in [2.24, 2.45) is 0 Å². The smallest absolute Gasteiger partial charge is 0.256 e. The van der Waals surface area contributed by atoms with Gasteiger partial charge in [0.25, 0.3) is 11.9 Å². The highest BCUT2D eigenvalue weighted by Crippen LogP contribution is 2.58. The van der Waals surface area contributed by atoms with Gasteiger partial charge in [0.2, 0.25) is 0 Å². The van der Waals surface area contributed by atoms with Gasteiger partial charge in [-0.05, 0) is 58.6 Å². The zero-order valence-electron chi connectivity index (χ0n) is 20.5. The minimum absolute atomic E-state index is 0.172. The molecule has 0 bridgehead atoms. The minimum Gasteiger partial charge on any atom is -0.493 e. The first-order valence-electron chi connectivity index (χ1n) is 12.4. The Morgan fingerprint density at radius 3 is 2.74 bits per heavy atom. The van der Waals surface area contributed by atoms with Gasteiger partial charge < -0.3 is 14.8 Å². The van der Waals surface area contributed by atoms with E-state index in [9.17, 15) is 14.9 Å². The van der Waals surface area contributed by atoms with Crippen molar-refractivity contribution in [2.45, 2.75) is 43.0 Å². The van der Waals surface area contributed by atoms with E-state index in [4.69, 9.17) is 21.1 Å². The number of anilines is 1. The van der Waals surface area contributed by atoms with Crippen LogP contribution in [0.3, 0.4) is 0 Å². The van der Waals surface area contributed by atoms with Gasteiger partial charge in [-0.25, -0.2) is 0 Å². The number of carbonyl (C=O) groups excluding carboxylic acids is 1. The van der Waals surface area contributed by atoms with Crippen molar-refractivity contribution in [3.63, 3.8) is 0 Å². The van der Waals surface area contributed by atoms with E-state index >= 15 is 0 Å². The maximum atomic E-state index is 13.7. The zero-order valence-corrected chi connectivity index (χ0v) is 22.9. The van der Waals surface area contributed by atoms with E-state index in [1.165, 1.54) is 7.11 Å². The van der Waals surface area contributed by atoms with E-state index in [1.54, 1.807) is 6.07 Å². The summed E-state index contributed by atoms with van der Waals surface area (Å²) >= 11 is 9.91. The first-order valence-corrected chi connectivity index (χ1v) is 13.6. The molecule has 10 heteroatoms. The standard InChI is InChI=1S/C28H25BrClN3O5/c1-37-23-14-17(13-19(29)25(23)38-15-16-7-2-4-9-20(16)30)24-22-11-6-12-32(22)28(26(24)33(35)36)18-8-3-5-10-21(18)31-27(28)34/h2-5,7-10,13-14,22,24,26H,6,11-12,15H2,1H3,(H,31,34)/t22-,24+,26+,28-/m0/s1. The average molecular weight is 599 g/mol. The highest BCUT2D eigenvalue weighted by atomic mass is 79.9. The summed E-state index contributed by atoms with van der Waals surface area (Å²) in [4.78, 5) is 28.3. The third-order valence-electron chi connectivity index (χ3n) is 8.06. The topological polar surface area (TPSA) is 93.9 Å². The van der Waals surface area contributed by atoms with Crippen LogP contribution in [0.1, 0.15) is 35.4 Å². The summed E-state index contributed by atoms with van der Waals surface area (Å²) in [7, 11) is 1.54. The van der Waals surface area contributed by atoms with Gasteiger partial charge in [0.05, 0.1) is 17.5 Å². The van der Waals surface area contributed by atoms with Gasteiger partial charge in [-0.3, -0.25) is 19.8 Å². The minimum atomic E-state index is -1.37. The number of nitrogens with zero attached hydrogens (tertiary/aromatic N) is 2. The summed E-state index contributed by atoms with van der Waals surface area (Å²) in [6.45, 7) is 0.843. The molecular weight excluding hydrogens is 574 g/mol. The zero-order chi connectivity index (χ0) is 26.6. The molecule has 3 aliphatic heterocycles. The lowest BCUT2D eigenvalue weighted by molar-refractivity contribution is -0.534. The van der Waals surface area contributed by atoms with Crippen LogP contribution in [0.5, 0.6) is 11.5 Å². The fraction of sp³-hybridized carbons (Fsp3) is 0.321. The third-order valence-corrected chi connectivity index (χ3v) is 9.02. The molecule has 0 radical (unpaired) electrons. The van der Waals surface area contributed by atoms with E-state index in [0.29, 0.717) is 38.8 Å². The maximum absolute atomic E-state index is 13.7. The van der Waals surface area contributed by atoms with Crippen molar-refractivity contribution < 1.29 is 19.2 Å². The monoisotopic (exact) mass is 597 g/mol. The Labute approximate surface area is 233 Å². The van der Waals surface area contributed by atoms with Gasteiger partial charge in [0, 0.05) is 39.3 Å². The number of benzene rings is 3. The molecular formula is C28H25BrClN3O5. The number of rotatable bonds is 6. The van der Waals surface area contributed by atoms with Gasteiger partial charge >= 0.3 is 0 Å². The highest BCUT2D eigenvalue weighted by molar-refractivity contribution is 9.10. The van der Waals surface area contributed by atoms with Crippen LogP contribution in [-0.4, -0.2) is 41.5 Å². The van der Waals surface area contributed by atoms with Crippen LogP contribution in [0.15, 0.2) is 65.1 Å². The Morgan fingerprint density at radius 1 is 1.21 bits per heavy atom. The van der Waals surface area contributed by atoms with Crippen LogP contribution < -0.4 is 14.8 Å². The molecule has 8 nitrogen and oxygen atoms in total. The normalized spacial score (nSPS) is 25.8. The summed E-state index contributed by atoms with van der Waals surface area (Å²) in [6.07, 6.45) is 1.62. The summed E-state index contributed by atoms with van der Waals surface area (Å²) in [5, 5.41) is 16.4. The highest BCUT2D eigenvalue weighted by Gasteiger charge is 2.73. The second-order valence-corrected chi connectivity index (χ2v) is 11.1. The summed E-state index contributed by atoms with van der Waals surface area (Å²) in [5.74, 6) is 0.0619. The number of para-hydroxylation sites is 1. The lowest BCUT2D eigenvalue weighted by Crippen LogP contribution is -2.55.